The highest BCUT2D eigenvalue weighted by atomic mass is 79.9. The molecule has 3 nitrogen and oxygen atoms in total. The molecule has 1 aromatic rings. The molecule has 78 valence electrons. The molecule has 1 rings (SSSR count). The van der Waals surface area contributed by atoms with Gasteiger partial charge in [0.15, 0.2) is 0 Å². The smallest absolute Gasteiger partial charge is 0.214 e. The maximum atomic E-state index is 11.5. The van der Waals surface area contributed by atoms with E-state index < -0.39 is 10.0 Å². The minimum Gasteiger partial charge on any atom is -0.214 e. The second kappa shape index (κ2) is 4.49. The molecule has 0 aromatic heterocycles. The average Bonchev–Trinajstić information content (AvgIpc) is 2.01. The molecule has 0 saturated carbocycles. The summed E-state index contributed by atoms with van der Waals surface area (Å²) in [6.45, 7) is 0. The topological polar surface area (TPSA) is 46.2 Å². The van der Waals surface area contributed by atoms with Crippen LogP contribution in [0.3, 0.4) is 0 Å². The zero-order valence-electron chi connectivity index (χ0n) is 7.01. The first kappa shape index (κ1) is 12.4. The van der Waals surface area contributed by atoms with E-state index in [1.54, 1.807) is 0 Å². The predicted molar refractivity (Wildman–Crippen MR) is 63.1 cm³/mol. The van der Waals surface area contributed by atoms with Crippen molar-refractivity contribution in [2.75, 3.05) is 7.05 Å². The highest BCUT2D eigenvalue weighted by molar-refractivity contribution is 9.11. The molecule has 0 aliphatic heterocycles. The largest absolute Gasteiger partial charge is 0.242 e. The molecule has 0 saturated heterocycles. The molecule has 0 heterocycles. The Hall–Kier alpha value is 0.380. The molecule has 0 aliphatic carbocycles. The molecule has 0 radical (unpaired) electrons. The third-order valence-corrected chi connectivity index (χ3v) is 5.01. The van der Waals surface area contributed by atoms with Crippen LogP contribution in [0.1, 0.15) is 0 Å². The van der Waals surface area contributed by atoms with Crippen molar-refractivity contribution in [2.24, 2.45) is 0 Å². The van der Waals surface area contributed by atoms with Gasteiger partial charge in [-0.1, -0.05) is 11.6 Å². The van der Waals surface area contributed by atoms with E-state index in [9.17, 15) is 8.42 Å². The highest BCUT2D eigenvalue weighted by Crippen LogP contribution is 2.32. The Balaban J connectivity index is 3.51. The van der Waals surface area contributed by atoms with Crippen LogP contribution in [-0.2, 0) is 10.0 Å². The molecule has 1 aromatic carbocycles. The summed E-state index contributed by atoms with van der Waals surface area (Å²) in [5.74, 6) is 0. The third-order valence-electron chi connectivity index (χ3n) is 1.50. The molecule has 14 heavy (non-hydrogen) atoms. The van der Waals surface area contributed by atoms with Gasteiger partial charge in [-0.25, -0.2) is 13.1 Å². The van der Waals surface area contributed by atoms with Gasteiger partial charge in [-0.05, 0) is 51.0 Å². The molecule has 0 amide bonds. The van der Waals surface area contributed by atoms with Crippen molar-refractivity contribution in [1.29, 1.82) is 0 Å². The summed E-state index contributed by atoms with van der Waals surface area (Å²) in [5, 5.41) is 0.457. The molecular weight excluding hydrogens is 357 g/mol. The van der Waals surface area contributed by atoms with Crippen molar-refractivity contribution in [3.63, 3.8) is 0 Å². The van der Waals surface area contributed by atoms with Gasteiger partial charge in [0.25, 0.3) is 0 Å². The Bertz CT molecular complexity index is 438. The number of benzene rings is 1. The fourth-order valence-corrected chi connectivity index (χ4v) is 4.67. The van der Waals surface area contributed by atoms with E-state index in [4.69, 9.17) is 11.6 Å². The monoisotopic (exact) mass is 361 g/mol. The summed E-state index contributed by atoms with van der Waals surface area (Å²) >= 11 is 12.0. The van der Waals surface area contributed by atoms with Crippen LogP contribution in [0, 0.1) is 0 Å². The van der Waals surface area contributed by atoms with Crippen molar-refractivity contribution < 1.29 is 8.42 Å². The summed E-state index contributed by atoms with van der Waals surface area (Å²) in [5.41, 5.74) is 0. The van der Waals surface area contributed by atoms with E-state index in [1.165, 1.54) is 19.2 Å². The zero-order valence-corrected chi connectivity index (χ0v) is 11.8. The number of nitrogens with one attached hydrogen (secondary N) is 1. The number of rotatable bonds is 2. The Morgan fingerprint density at radius 1 is 1.29 bits per heavy atom. The maximum absolute atomic E-state index is 11.5. The van der Waals surface area contributed by atoms with Crippen LogP contribution in [0.2, 0.25) is 5.02 Å². The van der Waals surface area contributed by atoms with Gasteiger partial charge in [0, 0.05) is 14.0 Å². The van der Waals surface area contributed by atoms with Gasteiger partial charge >= 0.3 is 0 Å². The second-order valence-corrected chi connectivity index (χ2v) is 6.37. The lowest BCUT2D eigenvalue weighted by Crippen LogP contribution is -2.19. The van der Waals surface area contributed by atoms with E-state index in [-0.39, 0.29) is 4.90 Å². The Morgan fingerprint density at radius 3 is 2.07 bits per heavy atom. The summed E-state index contributed by atoms with van der Waals surface area (Å²) in [7, 11) is -2.13. The summed E-state index contributed by atoms with van der Waals surface area (Å²) in [4.78, 5) is 0.143. The highest BCUT2D eigenvalue weighted by Gasteiger charge is 2.19. The lowest BCUT2D eigenvalue weighted by atomic mass is 10.4. The minimum absolute atomic E-state index is 0.143. The normalized spacial score (nSPS) is 11.7. The summed E-state index contributed by atoms with van der Waals surface area (Å²) in [6.07, 6.45) is 0. The van der Waals surface area contributed by atoms with Crippen molar-refractivity contribution in [3.05, 3.63) is 26.1 Å². The van der Waals surface area contributed by atoms with Crippen LogP contribution in [-0.4, -0.2) is 15.5 Å². The molecule has 0 atom stereocenters. The van der Waals surface area contributed by atoms with Crippen LogP contribution in [0.5, 0.6) is 0 Å². The summed E-state index contributed by atoms with van der Waals surface area (Å²) < 4.78 is 26.2. The molecule has 0 aliphatic rings. The number of hydrogen-bond acceptors (Lipinski definition) is 2. The third kappa shape index (κ3) is 2.49. The van der Waals surface area contributed by atoms with Crippen molar-refractivity contribution in [3.8, 4) is 0 Å². The standard InChI is InChI=1S/C7H6Br2ClNO2S/c1-11-14(12,13)7-5(8)2-4(10)3-6(7)9/h2-3,11H,1H3. The lowest BCUT2D eigenvalue weighted by Gasteiger charge is -2.07. The minimum atomic E-state index is -3.48. The van der Waals surface area contributed by atoms with E-state index in [1.807, 2.05) is 0 Å². The van der Waals surface area contributed by atoms with Crippen molar-refractivity contribution >= 4 is 53.5 Å². The van der Waals surface area contributed by atoms with Crippen LogP contribution in [0.4, 0.5) is 0 Å². The first-order valence-corrected chi connectivity index (χ1v) is 6.91. The number of halogens is 3. The van der Waals surface area contributed by atoms with Gasteiger partial charge in [0.1, 0.15) is 4.90 Å². The van der Waals surface area contributed by atoms with Gasteiger partial charge in [-0.15, -0.1) is 0 Å². The van der Waals surface area contributed by atoms with E-state index >= 15 is 0 Å². The zero-order chi connectivity index (χ0) is 10.9. The van der Waals surface area contributed by atoms with Gasteiger partial charge in [-0.3, -0.25) is 0 Å². The lowest BCUT2D eigenvalue weighted by molar-refractivity contribution is 0.587. The van der Waals surface area contributed by atoms with Crippen LogP contribution in [0.25, 0.3) is 0 Å². The summed E-state index contributed by atoms with van der Waals surface area (Å²) in [6, 6.07) is 3.05. The Morgan fingerprint density at radius 2 is 1.71 bits per heavy atom. The number of sulfonamides is 1. The van der Waals surface area contributed by atoms with E-state index in [0.717, 1.165) is 0 Å². The van der Waals surface area contributed by atoms with Crippen LogP contribution >= 0.6 is 43.5 Å². The fourth-order valence-electron chi connectivity index (χ4n) is 0.888. The van der Waals surface area contributed by atoms with Gasteiger partial charge in [0.05, 0.1) is 0 Å². The molecule has 0 fully saturated rings. The second-order valence-electron chi connectivity index (χ2n) is 2.41. The van der Waals surface area contributed by atoms with Crippen LogP contribution < -0.4 is 4.72 Å². The molecule has 0 unspecified atom stereocenters. The average molecular weight is 363 g/mol. The van der Waals surface area contributed by atoms with E-state index in [2.05, 4.69) is 36.6 Å². The number of hydrogen-bond donors (Lipinski definition) is 1. The predicted octanol–water partition coefficient (Wildman–Crippen LogP) is 2.77. The fraction of sp³-hybridized carbons (Fsp3) is 0.143. The maximum Gasteiger partial charge on any atom is 0.242 e. The van der Waals surface area contributed by atoms with Gasteiger partial charge in [0.2, 0.25) is 10.0 Å². The molecular formula is C7H6Br2ClNO2S. The van der Waals surface area contributed by atoms with Crippen molar-refractivity contribution in [2.45, 2.75) is 4.90 Å². The molecule has 7 heteroatoms. The first-order valence-electron chi connectivity index (χ1n) is 3.46. The SMILES string of the molecule is CNS(=O)(=O)c1c(Br)cc(Cl)cc1Br. The Labute approximate surface area is 104 Å². The molecule has 0 spiro atoms. The van der Waals surface area contributed by atoms with Crippen LogP contribution in [0.15, 0.2) is 26.0 Å². The van der Waals surface area contributed by atoms with Gasteiger partial charge < -0.3 is 0 Å². The van der Waals surface area contributed by atoms with E-state index in [0.29, 0.717) is 14.0 Å². The quantitative estimate of drug-likeness (QED) is 0.878. The van der Waals surface area contributed by atoms with Gasteiger partial charge in [-0.2, -0.15) is 0 Å². The molecule has 0 bridgehead atoms. The first-order chi connectivity index (χ1) is 6.38. The molecule has 1 N–H and O–H groups in total. The van der Waals surface area contributed by atoms with Crippen molar-refractivity contribution in [1.82, 2.24) is 4.72 Å². The Kier molecular flexibility index (Phi) is 3.99.